The molecule has 1 atom stereocenters. The van der Waals surface area contributed by atoms with Crippen molar-refractivity contribution in [2.45, 2.75) is 219 Å². The minimum atomic E-state index is -4.73. The molecule has 0 aromatic rings. The highest BCUT2D eigenvalue weighted by molar-refractivity contribution is 7.46. The molecule has 280 valence electrons. The van der Waals surface area contributed by atoms with Crippen LogP contribution in [0, 0.1) is 0 Å². The number of hydrogen-bond acceptors (Lipinski definition) is 6. The summed E-state index contributed by atoms with van der Waals surface area (Å²) in [5.41, 5.74) is 0. The molecule has 0 bridgehead atoms. The Kier molecular flexibility index (Phi) is 34.2. The van der Waals surface area contributed by atoms with Gasteiger partial charge in [-0.15, -0.1) is 0 Å². The molecule has 0 aromatic carbocycles. The number of phosphoric ester groups is 1. The van der Waals surface area contributed by atoms with E-state index in [4.69, 9.17) is 19.3 Å². The zero-order valence-corrected chi connectivity index (χ0v) is 31.6. The molecule has 0 fully saturated rings. The lowest BCUT2D eigenvalue weighted by Gasteiger charge is -2.18. The summed E-state index contributed by atoms with van der Waals surface area (Å²) < 4.78 is 26.2. The summed E-state index contributed by atoms with van der Waals surface area (Å²) >= 11 is 0. The zero-order valence-electron chi connectivity index (χ0n) is 30.7. The SMILES string of the molecule is CCCCCCCCCCCCCCCCCCCCCCCCCC(=O)OC(COC(=O)CCCCCCCC)COP(=O)(O)O. The molecule has 0 amide bonds. The average molecular weight is 691 g/mol. The fraction of sp³-hybridized carbons (Fsp3) is 0.947. The van der Waals surface area contributed by atoms with Gasteiger partial charge < -0.3 is 19.3 Å². The standard InChI is InChI=1S/C38H75O8P/c1-3-5-7-9-11-12-13-14-15-16-17-18-19-20-21-22-23-24-25-26-27-29-31-33-38(40)46-36(35-45-47(41,42)43)34-44-37(39)32-30-28-10-8-6-4-2/h36H,3-35H2,1-2H3,(H2,41,42,43). The number of phosphoric acid groups is 1. The first-order valence-electron chi connectivity index (χ1n) is 19.8. The van der Waals surface area contributed by atoms with Crippen LogP contribution in [-0.2, 0) is 28.2 Å². The van der Waals surface area contributed by atoms with E-state index in [1.54, 1.807) is 0 Å². The van der Waals surface area contributed by atoms with Crippen LogP contribution in [0.5, 0.6) is 0 Å². The quantitative estimate of drug-likeness (QED) is 0.0375. The molecule has 0 aliphatic carbocycles. The number of carbonyl (C=O) groups is 2. The van der Waals surface area contributed by atoms with Crippen molar-refractivity contribution in [3.05, 3.63) is 0 Å². The van der Waals surface area contributed by atoms with E-state index in [1.807, 2.05) is 0 Å². The molecular weight excluding hydrogens is 615 g/mol. The van der Waals surface area contributed by atoms with Gasteiger partial charge in [-0.3, -0.25) is 14.1 Å². The van der Waals surface area contributed by atoms with Gasteiger partial charge in [-0.05, 0) is 12.8 Å². The molecule has 0 saturated heterocycles. The van der Waals surface area contributed by atoms with Crippen molar-refractivity contribution >= 4 is 19.8 Å². The smallest absolute Gasteiger partial charge is 0.462 e. The predicted molar refractivity (Wildman–Crippen MR) is 193 cm³/mol. The van der Waals surface area contributed by atoms with Crippen LogP contribution in [0.15, 0.2) is 0 Å². The van der Waals surface area contributed by atoms with Crippen LogP contribution in [0.2, 0.25) is 0 Å². The van der Waals surface area contributed by atoms with Gasteiger partial charge in [0, 0.05) is 12.8 Å². The molecule has 0 spiro atoms. The van der Waals surface area contributed by atoms with Crippen LogP contribution in [0.4, 0.5) is 0 Å². The van der Waals surface area contributed by atoms with E-state index in [9.17, 15) is 14.2 Å². The van der Waals surface area contributed by atoms with Crippen molar-refractivity contribution in [3.8, 4) is 0 Å². The van der Waals surface area contributed by atoms with Crippen LogP contribution in [-0.4, -0.2) is 41.0 Å². The first-order valence-corrected chi connectivity index (χ1v) is 21.4. The van der Waals surface area contributed by atoms with Crippen molar-refractivity contribution in [1.82, 2.24) is 0 Å². The fourth-order valence-corrected chi connectivity index (χ4v) is 6.26. The van der Waals surface area contributed by atoms with Gasteiger partial charge in [0.15, 0.2) is 6.10 Å². The van der Waals surface area contributed by atoms with Crippen molar-refractivity contribution in [2.24, 2.45) is 0 Å². The molecule has 8 nitrogen and oxygen atoms in total. The van der Waals surface area contributed by atoms with Crippen LogP contribution < -0.4 is 0 Å². The molecule has 0 radical (unpaired) electrons. The van der Waals surface area contributed by atoms with Crippen LogP contribution in [0.25, 0.3) is 0 Å². The van der Waals surface area contributed by atoms with E-state index in [0.717, 1.165) is 38.5 Å². The maximum Gasteiger partial charge on any atom is 0.469 e. The van der Waals surface area contributed by atoms with E-state index in [2.05, 4.69) is 18.4 Å². The van der Waals surface area contributed by atoms with Gasteiger partial charge in [-0.25, -0.2) is 4.57 Å². The van der Waals surface area contributed by atoms with Crippen LogP contribution in [0.3, 0.4) is 0 Å². The average Bonchev–Trinajstić information content (AvgIpc) is 3.04. The van der Waals surface area contributed by atoms with E-state index >= 15 is 0 Å². The van der Waals surface area contributed by atoms with Gasteiger partial charge in [0.1, 0.15) is 6.61 Å². The summed E-state index contributed by atoms with van der Waals surface area (Å²) in [4.78, 5) is 42.4. The molecule has 0 rings (SSSR count). The van der Waals surface area contributed by atoms with E-state index in [1.165, 1.54) is 141 Å². The van der Waals surface area contributed by atoms with Gasteiger partial charge in [0.2, 0.25) is 0 Å². The monoisotopic (exact) mass is 691 g/mol. The van der Waals surface area contributed by atoms with Gasteiger partial charge in [0.25, 0.3) is 0 Å². The molecule has 0 aliphatic heterocycles. The number of unbranched alkanes of at least 4 members (excludes halogenated alkanes) is 27. The van der Waals surface area contributed by atoms with E-state index in [0.29, 0.717) is 6.42 Å². The van der Waals surface area contributed by atoms with Gasteiger partial charge in [-0.2, -0.15) is 0 Å². The number of rotatable bonds is 37. The predicted octanol–water partition coefficient (Wildman–Crippen LogP) is 11.7. The molecule has 1 unspecified atom stereocenters. The number of ether oxygens (including phenoxy) is 2. The second-order valence-corrected chi connectivity index (χ2v) is 14.9. The van der Waals surface area contributed by atoms with Gasteiger partial charge in [0.05, 0.1) is 6.61 Å². The topological polar surface area (TPSA) is 119 Å². The van der Waals surface area contributed by atoms with Crippen molar-refractivity contribution in [3.63, 3.8) is 0 Å². The summed E-state index contributed by atoms with van der Waals surface area (Å²) in [6.07, 6.45) is 35.9. The summed E-state index contributed by atoms with van der Waals surface area (Å²) in [5.74, 6) is -0.882. The third-order valence-electron chi connectivity index (χ3n) is 8.88. The molecule has 9 heteroatoms. The molecule has 0 aromatic heterocycles. The lowest BCUT2D eigenvalue weighted by atomic mass is 10.0. The lowest BCUT2D eigenvalue weighted by molar-refractivity contribution is -0.161. The normalized spacial score (nSPS) is 12.3. The summed E-state index contributed by atoms with van der Waals surface area (Å²) in [6.45, 7) is 3.63. The summed E-state index contributed by atoms with van der Waals surface area (Å²) in [6, 6.07) is 0. The summed E-state index contributed by atoms with van der Waals surface area (Å²) in [7, 11) is -4.73. The van der Waals surface area contributed by atoms with Crippen molar-refractivity contribution < 1.29 is 37.9 Å². The Labute approximate surface area is 289 Å². The minimum absolute atomic E-state index is 0.220. The Balaban J connectivity index is 3.70. The first kappa shape index (κ1) is 46.0. The number of esters is 2. The third kappa shape index (κ3) is 37.7. The number of hydrogen-bond donors (Lipinski definition) is 2. The maximum absolute atomic E-state index is 12.3. The Hall–Kier alpha value is -0.950. The lowest BCUT2D eigenvalue weighted by Crippen LogP contribution is -2.29. The molecule has 0 saturated carbocycles. The van der Waals surface area contributed by atoms with Gasteiger partial charge >= 0.3 is 19.8 Å². The molecular formula is C38H75O8P. The first-order chi connectivity index (χ1) is 22.8. The van der Waals surface area contributed by atoms with E-state index < -0.39 is 32.5 Å². The molecule has 2 N–H and O–H groups in total. The molecule has 47 heavy (non-hydrogen) atoms. The largest absolute Gasteiger partial charge is 0.469 e. The Morgan fingerprint density at radius 2 is 0.766 bits per heavy atom. The molecule has 0 aliphatic rings. The third-order valence-corrected chi connectivity index (χ3v) is 9.36. The van der Waals surface area contributed by atoms with E-state index in [-0.39, 0.29) is 19.4 Å². The van der Waals surface area contributed by atoms with Crippen LogP contribution >= 0.6 is 7.82 Å². The Morgan fingerprint density at radius 3 is 1.09 bits per heavy atom. The Morgan fingerprint density at radius 1 is 0.468 bits per heavy atom. The second-order valence-electron chi connectivity index (χ2n) is 13.6. The van der Waals surface area contributed by atoms with Gasteiger partial charge in [-0.1, -0.05) is 187 Å². The Bertz CT molecular complexity index is 741. The zero-order chi connectivity index (χ0) is 34.7. The highest BCUT2D eigenvalue weighted by Crippen LogP contribution is 2.36. The fourth-order valence-electron chi connectivity index (χ4n) is 5.90. The second kappa shape index (κ2) is 34.9. The highest BCUT2D eigenvalue weighted by Gasteiger charge is 2.22. The van der Waals surface area contributed by atoms with Crippen molar-refractivity contribution in [2.75, 3.05) is 13.2 Å². The highest BCUT2D eigenvalue weighted by atomic mass is 31.2. The minimum Gasteiger partial charge on any atom is -0.462 e. The van der Waals surface area contributed by atoms with Crippen molar-refractivity contribution in [1.29, 1.82) is 0 Å². The molecule has 0 heterocycles. The maximum atomic E-state index is 12.3. The number of carbonyl (C=O) groups excluding carboxylic acids is 2. The summed E-state index contributed by atoms with van der Waals surface area (Å²) in [5, 5.41) is 0. The van der Waals surface area contributed by atoms with Crippen LogP contribution in [0.1, 0.15) is 213 Å².